The Morgan fingerprint density at radius 3 is 2.69 bits per heavy atom. The number of hydrogen-bond acceptors (Lipinski definition) is 0. The van der Waals surface area contributed by atoms with Crippen molar-refractivity contribution in [3.63, 3.8) is 0 Å². The van der Waals surface area contributed by atoms with Crippen LogP contribution in [0.5, 0.6) is 0 Å². The monoisotopic (exact) mass is 238 g/mol. The van der Waals surface area contributed by atoms with E-state index in [0.29, 0.717) is 15.0 Å². The molecule has 68 valence electrons. The van der Waals surface area contributed by atoms with Crippen LogP contribution in [0.15, 0.2) is 42.5 Å². The summed E-state index contributed by atoms with van der Waals surface area (Å²) < 4.78 is 1.53. The average molecular weight is 237 g/mol. The van der Waals surface area contributed by atoms with Crippen molar-refractivity contribution >= 4 is 19.4 Å². The molecule has 0 heterocycles. The summed E-state index contributed by atoms with van der Waals surface area (Å²) >= 11 is 0.651. The van der Waals surface area contributed by atoms with Crippen molar-refractivity contribution in [3.05, 3.63) is 42.5 Å². The van der Waals surface area contributed by atoms with Crippen LogP contribution in [0.4, 0.5) is 0 Å². The molecular formula is C12H14Se. The van der Waals surface area contributed by atoms with Gasteiger partial charge in [-0.2, -0.15) is 0 Å². The molecular weight excluding hydrogens is 223 g/mol. The number of allylic oxidation sites excluding steroid dienone is 2. The molecule has 0 radical (unpaired) electrons. The Morgan fingerprint density at radius 1 is 1.15 bits per heavy atom. The normalized spacial score (nSPS) is 21.7. The Morgan fingerprint density at radius 2 is 2.00 bits per heavy atom. The third-order valence-electron chi connectivity index (χ3n) is 2.24. The zero-order valence-electron chi connectivity index (χ0n) is 7.65. The van der Waals surface area contributed by atoms with Gasteiger partial charge in [0.2, 0.25) is 0 Å². The van der Waals surface area contributed by atoms with Gasteiger partial charge in [-0.25, -0.2) is 0 Å². The Balaban J connectivity index is 1.98. The van der Waals surface area contributed by atoms with Crippen LogP contribution >= 0.6 is 0 Å². The molecule has 1 aliphatic rings. The second-order valence-electron chi connectivity index (χ2n) is 3.33. The summed E-state index contributed by atoms with van der Waals surface area (Å²) in [6, 6.07) is 10.9. The van der Waals surface area contributed by atoms with Crippen LogP contribution in [0, 0.1) is 0 Å². The van der Waals surface area contributed by atoms with E-state index in [1.54, 1.807) is 0 Å². The molecule has 0 aliphatic heterocycles. The fourth-order valence-electron chi connectivity index (χ4n) is 1.55. The van der Waals surface area contributed by atoms with Crippen molar-refractivity contribution in [1.82, 2.24) is 0 Å². The van der Waals surface area contributed by atoms with E-state index in [1.165, 1.54) is 23.7 Å². The van der Waals surface area contributed by atoms with Crippen molar-refractivity contribution in [2.24, 2.45) is 0 Å². The SMILES string of the molecule is C1=CC([Se]c2ccccc2)CCC1. The number of benzene rings is 1. The Labute approximate surface area is 86.2 Å². The fourth-order valence-corrected chi connectivity index (χ4v) is 3.94. The Hall–Kier alpha value is -0.521. The standard InChI is InChI=1S/C12H14Se/c1-3-7-11(8-4-1)13-12-9-5-2-6-10-12/h1,3-5,7-9,12H,2,6,10H2. The molecule has 2 rings (SSSR count). The second-order valence-corrected chi connectivity index (χ2v) is 6.08. The maximum absolute atomic E-state index is 2.41. The predicted molar refractivity (Wildman–Crippen MR) is 58.6 cm³/mol. The predicted octanol–water partition coefficient (Wildman–Crippen LogP) is 2.54. The van der Waals surface area contributed by atoms with Gasteiger partial charge in [-0.15, -0.1) is 0 Å². The van der Waals surface area contributed by atoms with Gasteiger partial charge in [0.15, 0.2) is 0 Å². The van der Waals surface area contributed by atoms with Crippen LogP contribution in [0.3, 0.4) is 0 Å². The van der Waals surface area contributed by atoms with Crippen molar-refractivity contribution in [3.8, 4) is 0 Å². The molecule has 1 aliphatic carbocycles. The van der Waals surface area contributed by atoms with E-state index in [-0.39, 0.29) is 0 Å². The summed E-state index contributed by atoms with van der Waals surface area (Å²) in [5, 5.41) is 0. The van der Waals surface area contributed by atoms with Gasteiger partial charge in [0, 0.05) is 0 Å². The van der Waals surface area contributed by atoms with Crippen LogP contribution in [-0.4, -0.2) is 15.0 Å². The Bertz CT molecular complexity index is 276. The quantitative estimate of drug-likeness (QED) is 0.547. The molecule has 13 heavy (non-hydrogen) atoms. The van der Waals surface area contributed by atoms with Crippen molar-refractivity contribution in [1.29, 1.82) is 0 Å². The van der Waals surface area contributed by atoms with Crippen LogP contribution in [0.1, 0.15) is 19.3 Å². The van der Waals surface area contributed by atoms with Gasteiger partial charge < -0.3 is 0 Å². The minimum absolute atomic E-state index is 0.651. The fraction of sp³-hybridized carbons (Fsp3) is 0.333. The first-order chi connectivity index (χ1) is 6.45. The molecule has 1 atom stereocenters. The number of hydrogen-bond donors (Lipinski definition) is 0. The van der Waals surface area contributed by atoms with Gasteiger partial charge >= 0.3 is 86.0 Å². The zero-order chi connectivity index (χ0) is 8.93. The Kier molecular flexibility index (Phi) is 3.23. The summed E-state index contributed by atoms with van der Waals surface area (Å²) in [5.41, 5.74) is 0. The third kappa shape index (κ3) is 2.72. The minimum atomic E-state index is 0.651. The average Bonchev–Trinajstić information content (AvgIpc) is 2.21. The van der Waals surface area contributed by atoms with Crippen molar-refractivity contribution in [2.75, 3.05) is 0 Å². The van der Waals surface area contributed by atoms with Crippen LogP contribution < -0.4 is 4.46 Å². The van der Waals surface area contributed by atoms with Gasteiger partial charge in [0.25, 0.3) is 0 Å². The first-order valence-electron chi connectivity index (χ1n) is 4.83. The topological polar surface area (TPSA) is 0 Å². The first kappa shape index (κ1) is 9.05. The van der Waals surface area contributed by atoms with E-state index in [2.05, 4.69) is 42.5 Å². The third-order valence-corrected chi connectivity index (χ3v) is 4.84. The van der Waals surface area contributed by atoms with E-state index in [1.807, 2.05) is 0 Å². The van der Waals surface area contributed by atoms with Crippen LogP contribution in [-0.2, 0) is 0 Å². The molecule has 1 aromatic rings. The van der Waals surface area contributed by atoms with E-state index in [4.69, 9.17) is 0 Å². The summed E-state index contributed by atoms with van der Waals surface area (Å²) in [6.45, 7) is 0. The van der Waals surface area contributed by atoms with Gasteiger partial charge in [0.1, 0.15) is 0 Å². The van der Waals surface area contributed by atoms with Gasteiger partial charge in [-0.3, -0.25) is 0 Å². The summed E-state index contributed by atoms with van der Waals surface area (Å²) in [5.74, 6) is 0. The molecule has 0 amide bonds. The summed E-state index contributed by atoms with van der Waals surface area (Å²) in [4.78, 5) is 0.851. The molecule has 0 saturated carbocycles. The summed E-state index contributed by atoms with van der Waals surface area (Å²) in [7, 11) is 0. The van der Waals surface area contributed by atoms with Crippen LogP contribution in [0.2, 0.25) is 4.82 Å². The maximum atomic E-state index is 2.41. The zero-order valence-corrected chi connectivity index (χ0v) is 9.36. The molecule has 1 unspecified atom stereocenters. The van der Waals surface area contributed by atoms with E-state index >= 15 is 0 Å². The molecule has 0 spiro atoms. The van der Waals surface area contributed by atoms with Crippen LogP contribution in [0.25, 0.3) is 0 Å². The molecule has 1 aromatic carbocycles. The van der Waals surface area contributed by atoms with E-state index in [9.17, 15) is 0 Å². The number of rotatable bonds is 2. The van der Waals surface area contributed by atoms with E-state index < -0.39 is 0 Å². The van der Waals surface area contributed by atoms with Gasteiger partial charge in [-0.1, -0.05) is 0 Å². The second kappa shape index (κ2) is 4.64. The molecule has 0 nitrogen and oxygen atoms in total. The molecule has 1 heteroatoms. The van der Waals surface area contributed by atoms with Crippen molar-refractivity contribution in [2.45, 2.75) is 24.1 Å². The molecule has 0 saturated heterocycles. The van der Waals surface area contributed by atoms with Gasteiger partial charge in [0.05, 0.1) is 0 Å². The van der Waals surface area contributed by atoms with Gasteiger partial charge in [-0.05, 0) is 0 Å². The molecule has 0 aromatic heterocycles. The molecule has 0 fully saturated rings. The van der Waals surface area contributed by atoms with Crippen molar-refractivity contribution < 1.29 is 0 Å². The summed E-state index contributed by atoms with van der Waals surface area (Å²) in [6.07, 6.45) is 8.83. The first-order valence-corrected chi connectivity index (χ1v) is 6.68. The molecule has 0 bridgehead atoms. The van der Waals surface area contributed by atoms with E-state index in [0.717, 1.165) is 4.82 Å². The molecule has 0 N–H and O–H groups in total.